The number of nitrogens with two attached hydrogens (primary N) is 2. The molecule has 1 rings (SSSR count). The summed E-state index contributed by atoms with van der Waals surface area (Å²) >= 11 is 0. The lowest BCUT2D eigenvalue weighted by atomic mass is 10.3. The lowest BCUT2D eigenvalue weighted by molar-refractivity contribution is -0.130. The normalized spacial score (nSPS) is 15.1. The molecule has 1 aliphatic heterocycles. The van der Waals surface area contributed by atoms with E-state index >= 15 is 0 Å². The highest BCUT2D eigenvalue weighted by Gasteiger charge is 2.23. The summed E-state index contributed by atoms with van der Waals surface area (Å²) in [6, 6.07) is -0.541. The van der Waals surface area contributed by atoms with Gasteiger partial charge in [0.2, 0.25) is 11.8 Å². The minimum Gasteiger partial charge on any atom is -0.368 e. The van der Waals surface area contributed by atoms with Crippen molar-refractivity contribution in [3.63, 3.8) is 0 Å². The van der Waals surface area contributed by atoms with Crippen LogP contribution in [0.4, 0.5) is 4.79 Å². The molecule has 0 spiro atoms. The van der Waals surface area contributed by atoms with Crippen LogP contribution < -0.4 is 16.8 Å². The molecule has 0 saturated carbocycles. The van der Waals surface area contributed by atoms with E-state index < -0.39 is 17.8 Å². The van der Waals surface area contributed by atoms with Gasteiger partial charge in [-0.05, 0) is 0 Å². The first-order valence-electron chi connectivity index (χ1n) is 4.68. The zero-order valence-electron chi connectivity index (χ0n) is 8.60. The van der Waals surface area contributed by atoms with Crippen LogP contribution in [0, 0.1) is 0 Å². The molecule has 8 nitrogen and oxygen atoms in total. The highest BCUT2D eigenvalue weighted by atomic mass is 16.2. The Morgan fingerprint density at radius 1 is 1.50 bits per heavy atom. The quantitative estimate of drug-likeness (QED) is 0.503. The Morgan fingerprint density at radius 2 is 2.19 bits per heavy atom. The number of aliphatic imine (C=N–C) groups is 1. The first kappa shape index (κ1) is 12.1. The van der Waals surface area contributed by atoms with Crippen LogP contribution in [0.1, 0.15) is 6.42 Å². The van der Waals surface area contributed by atoms with Crippen LogP contribution in [-0.2, 0) is 9.59 Å². The van der Waals surface area contributed by atoms with Crippen LogP contribution in [-0.4, -0.2) is 48.2 Å². The third-order valence-corrected chi connectivity index (χ3v) is 1.96. The van der Waals surface area contributed by atoms with Crippen molar-refractivity contribution < 1.29 is 14.4 Å². The Hall–Kier alpha value is -1.96. The van der Waals surface area contributed by atoms with E-state index in [1.807, 2.05) is 0 Å². The van der Waals surface area contributed by atoms with Crippen molar-refractivity contribution in [1.29, 1.82) is 0 Å². The first-order valence-corrected chi connectivity index (χ1v) is 4.68. The van der Waals surface area contributed by atoms with Crippen LogP contribution in [0.5, 0.6) is 0 Å². The molecule has 0 bridgehead atoms. The fourth-order valence-electron chi connectivity index (χ4n) is 1.28. The fourth-order valence-corrected chi connectivity index (χ4v) is 1.28. The van der Waals surface area contributed by atoms with Gasteiger partial charge in [0.1, 0.15) is 12.4 Å². The Morgan fingerprint density at radius 3 is 2.69 bits per heavy atom. The van der Waals surface area contributed by atoms with Crippen LogP contribution >= 0.6 is 0 Å². The number of nitrogens with one attached hydrogen (secondary N) is 1. The number of amidine groups is 1. The molecule has 5 N–H and O–H groups in total. The minimum atomic E-state index is -0.685. The number of hydrogen-bond acceptors (Lipinski definition) is 4. The maximum Gasteiger partial charge on any atom is 0.342 e. The van der Waals surface area contributed by atoms with Crippen molar-refractivity contribution in [3.05, 3.63) is 0 Å². The highest BCUT2D eigenvalue weighted by molar-refractivity contribution is 6.06. The SMILES string of the molecule is NCC(=O)N(CC(N)=O)C1=NC(=O)NCC1. The van der Waals surface area contributed by atoms with E-state index in [1.54, 1.807) is 0 Å². The maximum atomic E-state index is 11.4. The second-order valence-electron chi connectivity index (χ2n) is 3.16. The van der Waals surface area contributed by atoms with Gasteiger partial charge in [0, 0.05) is 13.0 Å². The van der Waals surface area contributed by atoms with E-state index in [4.69, 9.17) is 11.5 Å². The standard InChI is InChI=1S/C8H13N5O3/c9-3-7(15)13(4-5(10)14)6-1-2-11-8(16)12-6/h1-4,9H2,(H2,10,14)(H,11,16). The third kappa shape index (κ3) is 3.02. The number of nitrogens with zero attached hydrogens (tertiary/aromatic N) is 2. The molecule has 0 atom stereocenters. The molecule has 0 unspecified atom stereocenters. The van der Waals surface area contributed by atoms with Crippen LogP contribution in [0.25, 0.3) is 0 Å². The predicted molar refractivity (Wildman–Crippen MR) is 55.4 cm³/mol. The largest absolute Gasteiger partial charge is 0.368 e. The molecular weight excluding hydrogens is 214 g/mol. The summed E-state index contributed by atoms with van der Waals surface area (Å²) in [7, 11) is 0. The first-order chi connectivity index (χ1) is 7.54. The summed E-state index contributed by atoms with van der Waals surface area (Å²) in [6.45, 7) is -0.221. The third-order valence-electron chi connectivity index (χ3n) is 1.96. The van der Waals surface area contributed by atoms with E-state index in [9.17, 15) is 14.4 Å². The number of primary amides is 1. The summed E-state index contributed by atoms with van der Waals surface area (Å²) in [6.07, 6.45) is 0.366. The summed E-state index contributed by atoms with van der Waals surface area (Å²) < 4.78 is 0. The summed E-state index contributed by atoms with van der Waals surface area (Å²) in [5, 5.41) is 2.47. The van der Waals surface area contributed by atoms with Gasteiger partial charge in [0.05, 0.1) is 6.54 Å². The molecular formula is C8H13N5O3. The van der Waals surface area contributed by atoms with Crippen LogP contribution in [0.2, 0.25) is 0 Å². The Kier molecular flexibility index (Phi) is 3.95. The average Bonchev–Trinajstić information content (AvgIpc) is 2.24. The summed E-state index contributed by atoms with van der Waals surface area (Å²) in [5.74, 6) is -0.958. The minimum absolute atomic E-state index is 0.220. The molecule has 0 radical (unpaired) electrons. The lowest BCUT2D eigenvalue weighted by Crippen LogP contribution is -2.48. The van der Waals surface area contributed by atoms with Gasteiger partial charge in [-0.2, -0.15) is 4.99 Å². The van der Waals surface area contributed by atoms with Crippen LogP contribution in [0.15, 0.2) is 4.99 Å². The molecule has 1 heterocycles. The van der Waals surface area contributed by atoms with E-state index in [0.717, 1.165) is 4.90 Å². The molecule has 0 aromatic rings. The van der Waals surface area contributed by atoms with Crippen molar-refractivity contribution in [2.75, 3.05) is 19.6 Å². The summed E-state index contributed by atoms with van der Waals surface area (Å²) in [5.41, 5.74) is 10.2. The van der Waals surface area contributed by atoms with E-state index in [0.29, 0.717) is 13.0 Å². The molecule has 8 heteroatoms. The summed E-state index contributed by atoms with van der Waals surface area (Å²) in [4.78, 5) is 37.9. The number of hydrogen-bond donors (Lipinski definition) is 3. The van der Waals surface area contributed by atoms with Gasteiger partial charge in [0.25, 0.3) is 0 Å². The molecule has 0 aliphatic carbocycles. The Balaban J connectivity index is 2.87. The van der Waals surface area contributed by atoms with Crippen molar-refractivity contribution in [2.24, 2.45) is 16.5 Å². The number of amides is 4. The molecule has 4 amide bonds. The second-order valence-corrected chi connectivity index (χ2v) is 3.16. The van der Waals surface area contributed by atoms with Gasteiger partial charge in [-0.25, -0.2) is 4.79 Å². The molecule has 1 aliphatic rings. The zero-order valence-corrected chi connectivity index (χ0v) is 8.60. The van der Waals surface area contributed by atoms with Crippen LogP contribution in [0.3, 0.4) is 0 Å². The van der Waals surface area contributed by atoms with Gasteiger partial charge >= 0.3 is 6.03 Å². The van der Waals surface area contributed by atoms with E-state index in [-0.39, 0.29) is 18.9 Å². The average molecular weight is 227 g/mol. The smallest absolute Gasteiger partial charge is 0.342 e. The van der Waals surface area contributed by atoms with E-state index in [1.165, 1.54) is 0 Å². The molecule has 0 fully saturated rings. The maximum absolute atomic E-state index is 11.4. The lowest BCUT2D eigenvalue weighted by Gasteiger charge is -2.24. The predicted octanol–water partition coefficient (Wildman–Crippen LogP) is -2.23. The van der Waals surface area contributed by atoms with Crippen molar-refractivity contribution in [1.82, 2.24) is 10.2 Å². The molecule has 0 aromatic carbocycles. The van der Waals surface area contributed by atoms with Crippen molar-refractivity contribution in [3.8, 4) is 0 Å². The van der Waals surface area contributed by atoms with Crippen molar-refractivity contribution >= 4 is 23.7 Å². The molecule has 0 saturated heterocycles. The van der Waals surface area contributed by atoms with Gasteiger partial charge in [-0.15, -0.1) is 0 Å². The van der Waals surface area contributed by atoms with Gasteiger partial charge in [-0.1, -0.05) is 0 Å². The monoisotopic (exact) mass is 227 g/mol. The zero-order chi connectivity index (χ0) is 12.1. The molecule has 0 aromatic heterocycles. The van der Waals surface area contributed by atoms with E-state index in [2.05, 4.69) is 10.3 Å². The Labute approximate surface area is 91.7 Å². The number of carbonyl (C=O) groups is 3. The second kappa shape index (κ2) is 5.21. The van der Waals surface area contributed by atoms with Gasteiger partial charge in [0.15, 0.2) is 0 Å². The molecule has 88 valence electrons. The van der Waals surface area contributed by atoms with Crippen molar-refractivity contribution in [2.45, 2.75) is 6.42 Å². The fraction of sp³-hybridized carbons (Fsp3) is 0.500. The number of carbonyl (C=O) groups excluding carboxylic acids is 3. The molecule has 16 heavy (non-hydrogen) atoms. The van der Waals surface area contributed by atoms with Gasteiger partial charge < -0.3 is 16.8 Å². The topological polar surface area (TPSA) is 131 Å². The Bertz CT molecular complexity index is 352. The number of rotatable bonds is 3. The highest BCUT2D eigenvalue weighted by Crippen LogP contribution is 2.02. The number of urea groups is 1. The van der Waals surface area contributed by atoms with Gasteiger partial charge in [-0.3, -0.25) is 14.5 Å².